The van der Waals surface area contributed by atoms with E-state index in [-0.39, 0.29) is 5.91 Å². The number of benzene rings is 2. The van der Waals surface area contributed by atoms with E-state index in [1.165, 1.54) is 5.56 Å². The van der Waals surface area contributed by atoms with Crippen molar-refractivity contribution in [3.8, 4) is 11.5 Å². The van der Waals surface area contributed by atoms with Gasteiger partial charge in [-0.25, -0.2) is 0 Å². The molecule has 1 amide bonds. The highest BCUT2D eigenvalue weighted by atomic mass is 16.5. The van der Waals surface area contributed by atoms with Gasteiger partial charge in [0.15, 0.2) is 11.5 Å². The van der Waals surface area contributed by atoms with Gasteiger partial charge in [-0.2, -0.15) is 0 Å². The lowest BCUT2D eigenvalue weighted by Gasteiger charge is -2.11. The van der Waals surface area contributed by atoms with Crippen molar-refractivity contribution in [2.45, 2.75) is 26.8 Å². The first-order valence-electron chi connectivity index (χ1n) is 7.57. The Morgan fingerprint density at radius 3 is 2.43 bits per heavy atom. The van der Waals surface area contributed by atoms with Crippen molar-refractivity contribution in [3.05, 3.63) is 58.7 Å². The van der Waals surface area contributed by atoms with Crippen LogP contribution in [0.3, 0.4) is 0 Å². The highest BCUT2D eigenvalue weighted by Crippen LogP contribution is 2.27. The molecule has 4 heteroatoms. The van der Waals surface area contributed by atoms with E-state index in [4.69, 9.17) is 9.47 Å². The molecule has 0 fully saturated rings. The average molecular weight is 313 g/mol. The molecule has 0 saturated heterocycles. The number of ether oxygens (including phenoxy) is 2. The molecule has 2 rings (SSSR count). The summed E-state index contributed by atoms with van der Waals surface area (Å²) in [6.45, 7) is 4.52. The van der Waals surface area contributed by atoms with Crippen molar-refractivity contribution in [2.75, 3.05) is 14.2 Å². The van der Waals surface area contributed by atoms with E-state index in [1.807, 2.05) is 38.1 Å². The first-order valence-corrected chi connectivity index (χ1v) is 7.57. The Labute approximate surface area is 137 Å². The number of hydrogen-bond donors (Lipinski definition) is 1. The van der Waals surface area contributed by atoms with Gasteiger partial charge in [0.05, 0.1) is 20.6 Å². The van der Waals surface area contributed by atoms with Crippen LogP contribution in [0, 0.1) is 13.8 Å². The van der Waals surface area contributed by atoms with E-state index in [2.05, 4.69) is 17.4 Å². The molecule has 0 aliphatic rings. The third-order valence-electron chi connectivity index (χ3n) is 3.79. The fraction of sp³-hybridized carbons (Fsp3) is 0.316. The van der Waals surface area contributed by atoms with E-state index in [0.717, 1.165) is 16.7 Å². The molecule has 0 heterocycles. The van der Waals surface area contributed by atoms with Crippen LogP contribution in [0.1, 0.15) is 22.3 Å². The molecule has 0 unspecified atom stereocenters. The standard InChI is InChI=1S/C19H23NO3/c1-13-5-6-14(2)16(9-13)11-19(21)20-12-15-7-8-17(22-3)18(10-15)23-4/h5-10H,11-12H2,1-4H3,(H,20,21). The molecule has 0 aliphatic carbocycles. The summed E-state index contributed by atoms with van der Waals surface area (Å²) < 4.78 is 10.5. The fourth-order valence-electron chi connectivity index (χ4n) is 2.42. The number of carbonyl (C=O) groups excluding carboxylic acids is 1. The van der Waals surface area contributed by atoms with Gasteiger partial charge in [0.1, 0.15) is 0 Å². The highest BCUT2D eigenvalue weighted by molar-refractivity contribution is 5.79. The van der Waals surface area contributed by atoms with Crippen LogP contribution < -0.4 is 14.8 Å². The highest BCUT2D eigenvalue weighted by Gasteiger charge is 2.08. The Hall–Kier alpha value is -2.49. The smallest absolute Gasteiger partial charge is 0.224 e. The third-order valence-corrected chi connectivity index (χ3v) is 3.79. The molecule has 1 N–H and O–H groups in total. The summed E-state index contributed by atoms with van der Waals surface area (Å²) in [6.07, 6.45) is 0.390. The van der Waals surface area contributed by atoms with Gasteiger partial charge in [0.2, 0.25) is 5.91 Å². The zero-order valence-corrected chi connectivity index (χ0v) is 14.1. The number of nitrogens with one attached hydrogen (secondary N) is 1. The predicted octanol–water partition coefficient (Wildman–Crippen LogP) is 3.18. The van der Waals surface area contributed by atoms with Crippen LogP contribution >= 0.6 is 0 Å². The van der Waals surface area contributed by atoms with Crippen molar-refractivity contribution in [2.24, 2.45) is 0 Å². The van der Waals surface area contributed by atoms with Gasteiger partial charge in [0, 0.05) is 6.54 Å². The molecule has 0 aromatic heterocycles. The van der Waals surface area contributed by atoms with Crippen molar-refractivity contribution < 1.29 is 14.3 Å². The zero-order valence-electron chi connectivity index (χ0n) is 14.1. The summed E-state index contributed by atoms with van der Waals surface area (Å²) in [5, 5.41) is 2.95. The second-order valence-corrected chi connectivity index (χ2v) is 5.57. The Bertz CT molecular complexity index is 695. The Kier molecular flexibility index (Phi) is 5.63. The van der Waals surface area contributed by atoms with Gasteiger partial charge in [-0.1, -0.05) is 29.8 Å². The first-order chi connectivity index (χ1) is 11.0. The number of carbonyl (C=O) groups is 1. The molecule has 2 aromatic carbocycles. The van der Waals surface area contributed by atoms with E-state index in [9.17, 15) is 4.79 Å². The van der Waals surface area contributed by atoms with Crippen LogP contribution in [0.25, 0.3) is 0 Å². The molecule has 0 spiro atoms. The summed E-state index contributed by atoms with van der Waals surface area (Å²) in [5.74, 6) is 1.35. The Morgan fingerprint density at radius 1 is 1.00 bits per heavy atom. The maximum Gasteiger partial charge on any atom is 0.224 e. The molecule has 4 nitrogen and oxygen atoms in total. The normalized spacial score (nSPS) is 10.3. The Morgan fingerprint density at radius 2 is 1.74 bits per heavy atom. The molecular weight excluding hydrogens is 290 g/mol. The number of methoxy groups -OCH3 is 2. The van der Waals surface area contributed by atoms with Crippen molar-refractivity contribution in [3.63, 3.8) is 0 Å². The minimum Gasteiger partial charge on any atom is -0.493 e. The first kappa shape index (κ1) is 16.9. The van der Waals surface area contributed by atoms with Gasteiger partial charge >= 0.3 is 0 Å². The fourth-order valence-corrected chi connectivity index (χ4v) is 2.42. The molecule has 0 atom stereocenters. The zero-order chi connectivity index (χ0) is 16.8. The van der Waals surface area contributed by atoms with Crippen LogP contribution in [0.15, 0.2) is 36.4 Å². The van der Waals surface area contributed by atoms with Crippen LogP contribution in [-0.2, 0) is 17.8 Å². The minimum atomic E-state index is 0.00786. The maximum atomic E-state index is 12.2. The SMILES string of the molecule is COc1ccc(CNC(=O)Cc2cc(C)ccc2C)cc1OC. The maximum absolute atomic E-state index is 12.2. The molecule has 0 saturated carbocycles. The lowest BCUT2D eigenvalue weighted by molar-refractivity contribution is -0.120. The summed E-state index contributed by atoms with van der Waals surface area (Å²) in [7, 11) is 3.20. The van der Waals surface area contributed by atoms with Crippen LogP contribution in [0.2, 0.25) is 0 Å². The quantitative estimate of drug-likeness (QED) is 0.891. The number of rotatable bonds is 6. The van der Waals surface area contributed by atoms with E-state index >= 15 is 0 Å². The lowest BCUT2D eigenvalue weighted by atomic mass is 10.0. The molecule has 122 valence electrons. The van der Waals surface area contributed by atoms with Gasteiger partial charge in [-0.15, -0.1) is 0 Å². The molecule has 0 bridgehead atoms. The summed E-state index contributed by atoms with van der Waals surface area (Å²) >= 11 is 0. The van der Waals surface area contributed by atoms with Crippen molar-refractivity contribution >= 4 is 5.91 Å². The summed E-state index contributed by atoms with van der Waals surface area (Å²) in [5.41, 5.74) is 4.34. The second kappa shape index (κ2) is 7.68. The van der Waals surface area contributed by atoms with Gasteiger partial charge in [0.25, 0.3) is 0 Å². The summed E-state index contributed by atoms with van der Waals surface area (Å²) in [6, 6.07) is 11.8. The molecular formula is C19H23NO3. The molecule has 0 aliphatic heterocycles. The van der Waals surface area contributed by atoms with Crippen molar-refractivity contribution in [1.82, 2.24) is 5.32 Å². The van der Waals surface area contributed by atoms with E-state index in [1.54, 1.807) is 14.2 Å². The lowest BCUT2D eigenvalue weighted by Crippen LogP contribution is -2.24. The van der Waals surface area contributed by atoms with Gasteiger partial charge in [-0.3, -0.25) is 4.79 Å². The second-order valence-electron chi connectivity index (χ2n) is 5.57. The van der Waals surface area contributed by atoms with Crippen LogP contribution in [-0.4, -0.2) is 20.1 Å². The molecule has 23 heavy (non-hydrogen) atoms. The Balaban J connectivity index is 1.98. The monoisotopic (exact) mass is 313 g/mol. The van der Waals surface area contributed by atoms with Crippen LogP contribution in [0.4, 0.5) is 0 Å². The molecule has 0 radical (unpaired) electrons. The van der Waals surface area contributed by atoms with E-state index in [0.29, 0.717) is 24.5 Å². The summed E-state index contributed by atoms with van der Waals surface area (Å²) in [4.78, 5) is 12.2. The number of hydrogen-bond acceptors (Lipinski definition) is 3. The van der Waals surface area contributed by atoms with Gasteiger partial charge < -0.3 is 14.8 Å². The largest absolute Gasteiger partial charge is 0.493 e. The van der Waals surface area contributed by atoms with Crippen LogP contribution in [0.5, 0.6) is 11.5 Å². The molecule has 2 aromatic rings. The minimum absolute atomic E-state index is 0.00786. The predicted molar refractivity (Wildman–Crippen MR) is 91.0 cm³/mol. The third kappa shape index (κ3) is 4.49. The van der Waals surface area contributed by atoms with E-state index < -0.39 is 0 Å². The topological polar surface area (TPSA) is 47.6 Å². The van der Waals surface area contributed by atoms with Gasteiger partial charge in [-0.05, 0) is 42.7 Å². The number of aryl methyl sites for hydroxylation is 2. The number of amides is 1. The van der Waals surface area contributed by atoms with Crippen molar-refractivity contribution in [1.29, 1.82) is 0 Å². The average Bonchev–Trinajstić information content (AvgIpc) is 2.56.